The van der Waals surface area contributed by atoms with Gasteiger partial charge in [0.05, 0.1) is 4.92 Å². The van der Waals surface area contributed by atoms with Crippen molar-refractivity contribution >= 4 is 17.7 Å². The van der Waals surface area contributed by atoms with Gasteiger partial charge in [-0.05, 0) is 30.2 Å². The van der Waals surface area contributed by atoms with Gasteiger partial charge in [0.1, 0.15) is 11.6 Å². The molecule has 116 valence electrons. The summed E-state index contributed by atoms with van der Waals surface area (Å²) in [6, 6.07) is 7.54. The Balaban J connectivity index is 2.64. The van der Waals surface area contributed by atoms with Crippen molar-refractivity contribution < 1.29 is 9.72 Å². The van der Waals surface area contributed by atoms with Gasteiger partial charge in [-0.25, -0.2) is 0 Å². The number of rotatable bonds is 8. The first-order chi connectivity index (χ1) is 10.6. The number of nitro benzene ring substituents is 1. The molecule has 0 radical (unpaired) electrons. The van der Waals surface area contributed by atoms with Gasteiger partial charge in [0.2, 0.25) is 0 Å². The fourth-order valence-corrected chi connectivity index (χ4v) is 1.86. The van der Waals surface area contributed by atoms with E-state index in [1.165, 1.54) is 30.3 Å². The predicted octanol–water partition coefficient (Wildman–Crippen LogP) is 3.20. The second-order valence-electron chi connectivity index (χ2n) is 4.84. The molecule has 6 nitrogen and oxygen atoms in total. The normalized spacial score (nSPS) is 10.8. The van der Waals surface area contributed by atoms with Crippen LogP contribution in [0.1, 0.15) is 38.2 Å². The Morgan fingerprint density at radius 3 is 2.55 bits per heavy atom. The van der Waals surface area contributed by atoms with Crippen LogP contribution in [0, 0.1) is 21.4 Å². The number of amides is 1. The molecular formula is C16H19N3O3. The first-order valence-electron chi connectivity index (χ1n) is 7.23. The lowest BCUT2D eigenvalue weighted by Gasteiger charge is -2.04. The third-order valence-electron chi connectivity index (χ3n) is 3.10. The minimum absolute atomic E-state index is 0.00987. The van der Waals surface area contributed by atoms with Gasteiger partial charge in [0.25, 0.3) is 11.6 Å². The summed E-state index contributed by atoms with van der Waals surface area (Å²) >= 11 is 0. The first-order valence-corrected chi connectivity index (χ1v) is 7.23. The van der Waals surface area contributed by atoms with Crippen LogP contribution >= 0.6 is 0 Å². The Morgan fingerprint density at radius 1 is 1.32 bits per heavy atom. The van der Waals surface area contributed by atoms with Gasteiger partial charge in [0.15, 0.2) is 0 Å². The number of nitriles is 1. The number of nitro groups is 1. The number of carbonyl (C=O) groups is 1. The summed E-state index contributed by atoms with van der Waals surface area (Å²) in [4.78, 5) is 21.9. The van der Waals surface area contributed by atoms with E-state index in [0.717, 1.165) is 25.7 Å². The number of hydrogen-bond acceptors (Lipinski definition) is 4. The van der Waals surface area contributed by atoms with Gasteiger partial charge in [0, 0.05) is 18.7 Å². The van der Waals surface area contributed by atoms with E-state index >= 15 is 0 Å². The fraction of sp³-hybridized carbons (Fsp3) is 0.375. The van der Waals surface area contributed by atoms with Crippen molar-refractivity contribution in [1.82, 2.24) is 5.32 Å². The zero-order chi connectivity index (χ0) is 16.4. The van der Waals surface area contributed by atoms with E-state index in [0.29, 0.717) is 12.1 Å². The van der Waals surface area contributed by atoms with Crippen molar-refractivity contribution in [3.8, 4) is 6.07 Å². The van der Waals surface area contributed by atoms with Crippen LogP contribution in [0.4, 0.5) is 5.69 Å². The minimum atomic E-state index is -0.498. The highest BCUT2D eigenvalue weighted by Gasteiger charge is 2.09. The Hall–Kier alpha value is -2.68. The van der Waals surface area contributed by atoms with Crippen LogP contribution < -0.4 is 5.32 Å². The van der Waals surface area contributed by atoms with Crippen LogP contribution in [-0.4, -0.2) is 17.4 Å². The summed E-state index contributed by atoms with van der Waals surface area (Å²) in [5, 5.41) is 22.3. The molecule has 0 aromatic heterocycles. The van der Waals surface area contributed by atoms with Crippen molar-refractivity contribution in [2.45, 2.75) is 32.6 Å². The van der Waals surface area contributed by atoms with Crippen molar-refractivity contribution in [2.75, 3.05) is 6.54 Å². The van der Waals surface area contributed by atoms with Crippen molar-refractivity contribution in [3.63, 3.8) is 0 Å². The summed E-state index contributed by atoms with van der Waals surface area (Å²) in [6.45, 7) is 2.65. The van der Waals surface area contributed by atoms with E-state index in [1.54, 1.807) is 0 Å². The second kappa shape index (κ2) is 9.29. The monoisotopic (exact) mass is 301 g/mol. The standard InChI is InChI=1S/C16H19N3O3/c1-2-3-4-5-10-18-16(20)14(12-17)11-13-6-8-15(9-7-13)19(21)22/h6-9,11H,2-5,10H2,1H3,(H,18,20)/b14-11+. The molecule has 1 amide bonds. The molecule has 0 unspecified atom stereocenters. The lowest BCUT2D eigenvalue weighted by Crippen LogP contribution is -2.25. The molecule has 0 bridgehead atoms. The molecule has 0 spiro atoms. The predicted molar refractivity (Wildman–Crippen MR) is 83.8 cm³/mol. The van der Waals surface area contributed by atoms with Crippen LogP contribution in [0.3, 0.4) is 0 Å². The smallest absolute Gasteiger partial charge is 0.269 e. The SMILES string of the molecule is CCCCCCNC(=O)/C(C#N)=C/c1ccc([N+](=O)[O-])cc1. The van der Waals surface area contributed by atoms with E-state index in [1.807, 2.05) is 6.07 Å². The number of hydrogen-bond donors (Lipinski definition) is 1. The maximum atomic E-state index is 11.9. The molecule has 1 N–H and O–H groups in total. The van der Waals surface area contributed by atoms with Gasteiger partial charge in [-0.1, -0.05) is 26.2 Å². The van der Waals surface area contributed by atoms with Crippen molar-refractivity contribution in [3.05, 3.63) is 45.5 Å². The molecule has 0 atom stereocenters. The molecule has 0 fully saturated rings. The molecule has 1 aromatic rings. The molecule has 22 heavy (non-hydrogen) atoms. The number of carbonyl (C=O) groups excluding carboxylic acids is 1. The molecule has 6 heteroatoms. The van der Waals surface area contributed by atoms with E-state index in [4.69, 9.17) is 5.26 Å². The van der Waals surface area contributed by atoms with Crippen LogP contribution in [-0.2, 0) is 4.79 Å². The van der Waals surface area contributed by atoms with Crippen LogP contribution in [0.25, 0.3) is 6.08 Å². The Kier molecular flexibility index (Phi) is 7.34. The highest BCUT2D eigenvalue weighted by Crippen LogP contribution is 2.14. The number of benzene rings is 1. The summed E-state index contributed by atoms with van der Waals surface area (Å²) in [5.41, 5.74) is 0.531. The zero-order valence-corrected chi connectivity index (χ0v) is 12.5. The molecular weight excluding hydrogens is 282 g/mol. The molecule has 1 rings (SSSR count). The number of nitrogens with one attached hydrogen (secondary N) is 1. The molecule has 0 aliphatic heterocycles. The van der Waals surface area contributed by atoms with E-state index < -0.39 is 10.8 Å². The molecule has 0 saturated heterocycles. The van der Waals surface area contributed by atoms with Crippen molar-refractivity contribution in [2.24, 2.45) is 0 Å². The highest BCUT2D eigenvalue weighted by molar-refractivity contribution is 6.01. The Morgan fingerprint density at radius 2 is 2.00 bits per heavy atom. The van der Waals surface area contributed by atoms with E-state index in [-0.39, 0.29) is 11.3 Å². The number of unbranched alkanes of at least 4 members (excludes halogenated alkanes) is 3. The zero-order valence-electron chi connectivity index (χ0n) is 12.5. The summed E-state index contributed by atoms with van der Waals surface area (Å²) in [7, 11) is 0. The average molecular weight is 301 g/mol. The van der Waals surface area contributed by atoms with Gasteiger partial charge in [-0.3, -0.25) is 14.9 Å². The molecule has 0 aliphatic rings. The largest absolute Gasteiger partial charge is 0.351 e. The number of non-ortho nitro benzene ring substituents is 1. The van der Waals surface area contributed by atoms with Crippen LogP contribution in [0.15, 0.2) is 29.8 Å². The van der Waals surface area contributed by atoms with Gasteiger partial charge in [-0.2, -0.15) is 5.26 Å². The Labute approximate surface area is 129 Å². The summed E-state index contributed by atoms with van der Waals surface area (Å²) in [5.74, 6) is -0.419. The molecule has 0 heterocycles. The van der Waals surface area contributed by atoms with Gasteiger partial charge >= 0.3 is 0 Å². The second-order valence-corrected chi connectivity index (χ2v) is 4.84. The lowest BCUT2D eigenvalue weighted by atomic mass is 10.1. The van der Waals surface area contributed by atoms with Crippen molar-refractivity contribution in [1.29, 1.82) is 5.26 Å². The maximum absolute atomic E-state index is 11.9. The number of nitrogens with zero attached hydrogens (tertiary/aromatic N) is 2. The minimum Gasteiger partial charge on any atom is -0.351 e. The van der Waals surface area contributed by atoms with E-state index in [2.05, 4.69) is 12.2 Å². The van der Waals surface area contributed by atoms with E-state index in [9.17, 15) is 14.9 Å². The summed E-state index contributed by atoms with van der Waals surface area (Å²) in [6.07, 6.45) is 5.60. The van der Waals surface area contributed by atoms with Crippen LogP contribution in [0.2, 0.25) is 0 Å². The first kappa shape index (κ1) is 17.4. The summed E-state index contributed by atoms with van der Waals surface area (Å²) < 4.78 is 0. The third kappa shape index (κ3) is 5.75. The van der Waals surface area contributed by atoms with Gasteiger partial charge in [-0.15, -0.1) is 0 Å². The third-order valence-corrected chi connectivity index (χ3v) is 3.10. The molecule has 0 aliphatic carbocycles. The highest BCUT2D eigenvalue weighted by atomic mass is 16.6. The average Bonchev–Trinajstić information content (AvgIpc) is 2.52. The fourth-order valence-electron chi connectivity index (χ4n) is 1.86. The topological polar surface area (TPSA) is 96.0 Å². The molecule has 1 aromatic carbocycles. The quantitative estimate of drug-likeness (QED) is 0.262. The van der Waals surface area contributed by atoms with Gasteiger partial charge < -0.3 is 5.32 Å². The Bertz CT molecular complexity index is 586. The maximum Gasteiger partial charge on any atom is 0.269 e. The van der Waals surface area contributed by atoms with Crippen LogP contribution in [0.5, 0.6) is 0 Å². The molecule has 0 saturated carbocycles. The lowest BCUT2D eigenvalue weighted by molar-refractivity contribution is -0.384.